The Morgan fingerprint density at radius 2 is 1.95 bits per heavy atom. The zero-order valence-corrected chi connectivity index (χ0v) is 13.4. The molecule has 1 N–H and O–H groups in total. The van der Waals surface area contributed by atoms with Gasteiger partial charge in [-0.05, 0) is 19.4 Å². The maximum atomic E-state index is 12.2. The van der Waals surface area contributed by atoms with E-state index in [1.165, 1.54) is 0 Å². The van der Waals surface area contributed by atoms with Crippen LogP contribution in [0.15, 0.2) is 30.3 Å². The lowest BCUT2D eigenvalue weighted by atomic mass is 10.0. The number of halogens is 1. The molecule has 5 heteroatoms. The number of benzene rings is 1. The fraction of sp³-hybridized carbons (Fsp3) is 0.562. The van der Waals surface area contributed by atoms with Gasteiger partial charge in [-0.25, -0.2) is 0 Å². The highest BCUT2D eigenvalue weighted by atomic mass is 35.5. The number of morpholine rings is 1. The number of hydrogen-bond donors (Lipinski definition) is 1. The second-order valence-corrected chi connectivity index (χ2v) is 6.34. The molecule has 0 aliphatic carbocycles. The summed E-state index contributed by atoms with van der Waals surface area (Å²) in [5, 5.41) is 2.32. The van der Waals surface area contributed by atoms with Crippen LogP contribution in [0.25, 0.3) is 0 Å². The molecule has 1 aromatic carbocycles. The average Bonchev–Trinajstić information content (AvgIpc) is 2.53. The summed E-state index contributed by atoms with van der Waals surface area (Å²) in [5.74, 6) is -0.149. The van der Waals surface area contributed by atoms with Crippen LogP contribution in [0, 0.1) is 0 Å². The monoisotopic (exact) mass is 310 g/mol. The summed E-state index contributed by atoms with van der Waals surface area (Å²) in [6.07, 6.45) is 0. The Labute approximate surface area is 131 Å². The first-order valence-corrected chi connectivity index (χ1v) is 7.74. The van der Waals surface area contributed by atoms with Gasteiger partial charge in [-0.15, -0.1) is 11.6 Å². The molecule has 1 aliphatic rings. The van der Waals surface area contributed by atoms with Gasteiger partial charge in [-0.2, -0.15) is 0 Å². The zero-order chi connectivity index (χ0) is 15.3. The Balaban J connectivity index is 1.88. The van der Waals surface area contributed by atoms with Gasteiger partial charge < -0.3 is 10.1 Å². The van der Waals surface area contributed by atoms with E-state index in [2.05, 4.69) is 24.1 Å². The number of nitrogens with zero attached hydrogens (tertiary/aromatic N) is 1. The second kappa shape index (κ2) is 7.25. The van der Waals surface area contributed by atoms with E-state index in [1.54, 1.807) is 0 Å². The van der Waals surface area contributed by atoms with Gasteiger partial charge >= 0.3 is 0 Å². The van der Waals surface area contributed by atoms with E-state index in [0.29, 0.717) is 6.54 Å². The van der Waals surface area contributed by atoms with Gasteiger partial charge in [0.25, 0.3) is 0 Å². The lowest BCUT2D eigenvalue weighted by Gasteiger charge is -2.41. The Morgan fingerprint density at radius 1 is 1.33 bits per heavy atom. The van der Waals surface area contributed by atoms with E-state index in [1.807, 2.05) is 30.3 Å². The quantitative estimate of drug-likeness (QED) is 0.848. The van der Waals surface area contributed by atoms with Crippen LogP contribution in [0.1, 0.15) is 24.8 Å². The first kappa shape index (κ1) is 16.3. The molecule has 1 aromatic rings. The van der Waals surface area contributed by atoms with E-state index in [9.17, 15) is 4.79 Å². The molecule has 2 rings (SSSR count). The maximum absolute atomic E-state index is 12.2. The molecule has 0 aromatic heterocycles. The molecule has 0 radical (unpaired) electrons. The molecule has 1 amide bonds. The van der Waals surface area contributed by atoms with Gasteiger partial charge in [0.15, 0.2) is 0 Å². The summed E-state index contributed by atoms with van der Waals surface area (Å²) < 4.78 is 5.37. The molecule has 1 aliphatic heterocycles. The van der Waals surface area contributed by atoms with Gasteiger partial charge in [-0.3, -0.25) is 9.69 Å². The predicted molar refractivity (Wildman–Crippen MR) is 84.5 cm³/mol. The number of amides is 1. The van der Waals surface area contributed by atoms with Gasteiger partial charge in [0, 0.05) is 25.2 Å². The lowest BCUT2D eigenvalue weighted by Crippen LogP contribution is -2.55. The van der Waals surface area contributed by atoms with Crippen LogP contribution in [-0.4, -0.2) is 49.2 Å². The molecule has 1 atom stereocenters. The molecule has 1 fully saturated rings. The molecule has 0 saturated carbocycles. The molecular weight excluding hydrogens is 288 g/mol. The first-order valence-electron chi connectivity index (χ1n) is 7.30. The van der Waals surface area contributed by atoms with E-state index in [4.69, 9.17) is 16.3 Å². The van der Waals surface area contributed by atoms with Crippen LogP contribution in [-0.2, 0) is 9.53 Å². The van der Waals surface area contributed by atoms with Gasteiger partial charge in [0.2, 0.25) is 5.91 Å². The summed E-state index contributed by atoms with van der Waals surface area (Å²) in [6.45, 7) is 8.12. The topological polar surface area (TPSA) is 41.6 Å². The molecule has 0 bridgehead atoms. The number of carbonyl (C=O) groups is 1. The van der Waals surface area contributed by atoms with Gasteiger partial charge in [-0.1, -0.05) is 30.3 Å². The van der Waals surface area contributed by atoms with Crippen molar-refractivity contribution in [3.63, 3.8) is 0 Å². The van der Waals surface area contributed by atoms with Crippen molar-refractivity contribution >= 4 is 17.5 Å². The maximum Gasteiger partial charge on any atom is 0.242 e. The summed E-state index contributed by atoms with van der Waals surface area (Å²) >= 11 is 6.23. The standard InChI is InChI=1S/C16H23ClN2O2/c1-16(2,19-8-10-21-11-9-19)12-18-15(20)14(17)13-6-4-3-5-7-13/h3-7,14H,8-12H2,1-2H3,(H,18,20). The van der Waals surface area contributed by atoms with Crippen molar-refractivity contribution in [3.05, 3.63) is 35.9 Å². The Morgan fingerprint density at radius 3 is 2.57 bits per heavy atom. The van der Waals surface area contributed by atoms with Crippen molar-refractivity contribution in [1.29, 1.82) is 0 Å². The van der Waals surface area contributed by atoms with Crippen molar-refractivity contribution in [2.75, 3.05) is 32.8 Å². The van der Waals surface area contributed by atoms with Crippen LogP contribution < -0.4 is 5.32 Å². The van der Waals surface area contributed by atoms with Crippen LogP contribution in [0.5, 0.6) is 0 Å². The number of nitrogens with one attached hydrogen (secondary N) is 1. The summed E-state index contributed by atoms with van der Waals surface area (Å²) in [4.78, 5) is 14.5. The highest BCUT2D eigenvalue weighted by Gasteiger charge is 2.29. The summed E-state index contributed by atoms with van der Waals surface area (Å²) in [5.41, 5.74) is 0.716. The zero-order valence-electron chi connectivity index (χ0n) is 12.6. The second-order valence-electron chi connectivity index (χ2n) is 5.90. The molecule has 116 valence electrons. The Bertz CT molecular complexity index is 459. The Kier molecular flexibility index (Phi) is 5.62. The van der Waals surface area contributed by atoms with Gasteiger partial charge in [0.1, 0.15) is 5.38 Å². The highest BCUT2D eigenvalue weighted by molar-refractivity contribution is 6.30. The van der Waals surface area contributed by atoms with Crippen molar-refractivity contribution in [1.82, 2.24) is 10.2 Å². The minimum absolute atomic E-state index is 0.104. The van der Waals surface area contributed by atoms with Crippen molar-refractivity contribution in [2.45, 2.75) is 24.8 Å². The highest BCUT2D eigenvalue weighted by Crippen LogP contribution is 2.21. The van der Waals surface area contributed by atoms with E-state index in [-0.39, 0.29) is 11.4 Å². The van der Waals surface area contributed by atoms with Crippen LogP contribution in [0.4, 0.5) is 0 Å². The molecule has 4 nitrogen and oxygen atoms in total. The van der Waals surface area contributed by atoms with Crippen molar-refractivity contribution in [2.24, 2.45) is 0 Å². The molecule has 0 spiro atoms. The van der Waals surface area contributed by atoms with Crippen LogP contribution in [0.2, 0.25) is 0 Å². The van der Waals surface area contributed by atoms with Crippen molar-refractivity contribution in [3.8, 4) is 0 Å². The SMILES string of the molecule is CC(C)(CNC(=O)C(Cl)c1ccccc1)N1CCOCC1. The fourth-order valence-electron chi connectivity index (χ4n) is 2.45. The first-order chi connectivity index (χ1) is 10.0. The van der Waals surface area contributed by atoms with Crippen molar-refractivity contribution < 1.29 is 9.53 Å². The molecule has 1 saturated heterocycles. The molecular formula is C16H23ClN2O2. The third kappa shape index (κ3) is 4.43. The van der Waals surface area contributed by atoms with E-state index >= 15 is 0 Å². The third-order valence-corrected chi connectivity index (χ3v) is 4.33. The van der Waals surface area contributed by atoms with E-state index in [0.717, 1.165) is 31.9 Å². The number of carbonyl (C=O) groups excluding carboxylic acids is 1. The van der Waals surface area contributed by atoms with E-state index < -0.39 is 5.38 Å². The normalized spacial score (nSPS) is 18.2. The lowest BCUT2D eigenvalue weighted by molar-refractivity contribution is -0.121. The summed E-state index contributed by atoms with van der Waals surface area (Å²) in [7, 11) is 0. The molecule has 1 unspecified atom stereocenters. The van der Waals surface area contributed by atoms with Crippen LogP contribution in [0.3, 0.4) is 0 Å². The predicted octanol–water partition coefficient (Wildman–Crippen LogP) is 2.19. The smallest absolute Gasteiger partial charge is 0.242 e. The number of rotatable bonds is 5. The fourth-order valence-corrected chi connectivity index (χ4v) is 2.67. The molecule has 1 heterocycles. The Hall–Kier alpha value is -1.10. The average molecular weight is 311 g/mol. The molecule has 21 heavy (non-hydrogen) atoms. The van der Waals surface area contributed by atoms with Crippen LogP contribution >= 0.6 is 11.6 Å². The number of ether oxygens (including phenoxy) is 1. The number of hydrogen-bond acceptors (Lipinski definition) is 3. The minimum atomic E-state index is -0.647. The summed E-state index contributed by atoms with van der Waals surface area (Å²) in [6, 6.07) is 9.41. The third-order valence-electron chi connectivity index (χ3n) is 3.88. The largest absolute Gasteiger partial charge is 0.379 e. The van der Waals surface area contributed by atoms with Gasteiger partial charge in [0.05, 0.1) is 13.2 Å². The minimum Gasteiger partial charge on any atom is -0.379 e. The number of alkyl halides is 1.